The predicted molar refractivity (Wildman–Crippen MR) is 83.6 cm³/mol. The number of nitrogens with zero attached hydrogens (tertiary/aromatic N) is 1. The number of β-amino-alcohol motifs (C(OH)–C–C–N with tert-alkyl or cyclic N) is 1. The van der Waals surface area contributed by atoms with E-state index in [2.05, 4.69) is 4.90 Å². The number of aliphatic hydroxyl groups excluding tert-OH is 1. The van der Waals surface area contributed by atoms with E-state index < -0.39 is 6.10 Å². The van der Waals surface area contributed by atoms with Gasteiger partial charge in [0.2, 0.25) is 0 Å². The first kappa shape index (κ1) is 16.3. The second kappa shape index (κ2) is 8.37. The Hall–Kier alpha value is -1.10. The fourth-order valence-corrected chi connectivity index (χ4v) is 2.96. The van der Waals surface area contributed by atoms with Gasteiger partial charge < -0.3 is 19.5 Å². The Morgan fingerprint density at radius 1 is 1.29 bits per heavy atom. The normalized spacial score (nSPS) is 18.6. The number of benzene rings is 1. The molecule has 1 heterocycles. The maximum absolute atomic E-state index is 10.5. The van der Waals surface area contributed by atoms with Crippen molar-refractivity contribution < 1.29 is 14.6 Å². The zero-order valence-electron chi connectivity index (χ0n) is 13.1. The second-order valence-corrected chi connectivity index (χ2v) is 5.69. The zero-order valence-corrected chi connectivity index (χ0v) is 13.1. The molecule has 0 aliphatic carbocycles. The standard InChI is InChI=1S/C17H27NO3/c1-3-21-17-7-5-4-6-15(17)16(19)12-18-10-8-14(9-11-18)13-20-2/h4-7,14,16,19H,3,8-13H2,1-2H3. The van der Waals surface area contributed by atoms with Gasteiger partial charge in [-0.3, -0.25) is 0 Å². The summed E-state index contributed by atoms with van der Waals surface area (Å²) in [5.74, 6) is 1.46. The quantitative estimate of drug-likeness (QED) is 0.838. The van der Waals surface area contributed by atoms with E-state index in [0.717, 1.165) is 43.9 Å². The highest BCUT2D eigenvalue weighted by Crippen LogP contribution is 2.27. The molecule has 0 saturated carbocycles. The number of hydrogen-bond acceptors (Lipinski definition) is 4. The van der Waals surface area contributed by atoms with Gasteiger partial charge in [-0.2, -0.15) is 0 Å². The predicted octanol–water partition coefficient (Wildman–Crippen LogP) is 2.48. The summed E-state index contributed by atoms with van der Waals surface area (Å²) in [5, 5.41) is 10.5. The third-order valence-corrected chi connectivity index (χ3v) is 4.12. The van der Waals surface area contributed by atoms with Crippen LogP contribution in [0.15, 0.2) is 24.3 Å². The number of para-hydroxylation sites is 1. The van der Waals surface area contributed by atoms with Crippen LogP contribution >= 0.6 is 0 Å². The molecule has 1 fully saturated rings. The van der Waals surface area contributed by atoms with Crippen LogP contribution in [-0.4, -0.2) is 50.0 Å². The first-order valence-electron chi connectivity index (χ1n) is 7.85. The van der Waals surface area contributed by atoms with Crippen LogP contribution in [0.1, 0.15) is 31.4 Å². The summed E-state index contributed by atoms with van der Waals surface area (Å²) >= 11 is 0. The minimum Gasteiger partial charge on any atom is -0.493 e. The lowest BCUT2D eigenvalue weighted by molar-refractivity contribution is 0.0646. The van der Waals surface area contributed by atoms with Crippen LogP contribution in [0.5, 0.6) is 5.75 Å². The molecular weight excluding hydrogens is 266 g/mol. The van der Waals surface area contributed by atoms with Gasteiger partial charge in [-0.1, -0.05) is 18.2 Å². The van der Waals surface area contributed by atoms with E-state index in [1.807, 2.05) is 31.2 Å². The van der Waals surface area contributed by atoms with Crippen molar-refractivity contribution in [2.45, 2.75) is 25.9 Å². The Kier molecular flexibility index (Phi) is 6.49. The van der Waals surface area contributed by atoms with Gasteiger partial charge in [0.05, 0.1) is 12.7 Å². The van der Waals surface area contributed by atoms with Crippen molar-refractivity contribution in [3.8, 4) is 5.75 Å². The summed E-state index contributed by atoms with van der Waals surface area (Å²) in [7, 11) is 1.76. The van der Waals surface area contributed by atoms with Crippen LogP contribution in [-0.2, 0) is 4.74 Å². The Morgan fingerprint density at radius 3 is 2.67 bits per heavy atom. The molecule has 0 amide bonds. The van der Waals surface area contributed by atoms with Crippen molar-refractivity contribution in [2.75, 3.05) is 40.0 Å². The lowest BCUT2D eigenvalue weighted by Crippen LogP contribution is -2.37. The number of aliphatic hydroxyl groups is 1. The SMILES string of the molecule is CCOc1ccccc1C(O)CN1CCC(COC)CC1. The molecule has 1 unspecified atom stereocenters. The van der Waals surface area contributed by atoms with Crippen molar-refractivity contribution in [2.24, 2.45) is 5.92 Å². The molecule has 118 valence electrons. The van der Waals surface area contributed by atoms with Crippen LogP contribution in [0.3, 0.4) is 0 Å². The zero-order chi connectivity index (χ0) is 15.1. The minimum atomic E-state index is -0.494. The largest absolute Gasteiger partial charge is 0.493 e. The van der Waals surface area contributed by atoms with E-state index in [-0.39, 0.29) is 0 Å². The molecule has 1 saturated heterocycles. The first-order valence-corrected chi connectivity index (χ1v) is 7.85. The maximum atomic E-state index is 10.5. The van der Waals surface area contributed by atoms with Crippen LogP contribution < -0.4 is 4.74 Å². The molecular formula is C17H27NO3. The molecule has 1 aliphatic heterocycles. The van der Waals surface area contributed by atoms with Gasteiger partial charge in [0.25, 0.3) is 0 Å². The third-order valence-electron chi connectivity index (χ3n) is 4.12. The van der Waals surface area contributed by atoms with Crippen LogP contribution in [0.4, 0.5) is 0 Å². The van der Waals surface area contributed by atoms with Gasteiger partial charge in [0, 0.05) is 25.8 Å². The van der Waals surface area contributed by atoms with Gasteiger partial charge in [-0.15, -0.1) is 0 Å². The maximum Gasteiger partial charge on any atom is 0.125 e. The average Bonchev–Trinajstić information content (AvgIpc) is 2.50. The summed E-state index contributed by atoms with van der Waals surface area (Å²) in [4.78, 5) is 2.33. The lowest BCUT2D eigenvalue weighted by atomic mass is 9.97. The van der Waals surface area contributed by atoms with Crippen LogP contribution in [0.2, 0.25) is 0 Å². The molecule has 1 atom stereocenters. The van der Waals surface area contributed by atoms with Gasteiger partial charge >= 0.3 is 0 Å². The number of methoxy groups -OCH3 is 1. The molecule has 0 aromatic heterocycles. The molecule has 0 radical (unpaired) electrons. The average molecular weight is 293 g/mol. The number of hydrogen-bond donors (Lipinski definition) is 1. The van der Waals surface area contributed by atoms with Crippen molar-refractivity contribution in [3.05, 3.63) is 29.8 Å². The van der Waals surface area contributed by atoms with E-state index in [4.69, 9.17) is 9.47 Å². The fraction of sp³-hybridized carbons (Fsp3) is 0.647. The Labute approximate surface area is 127 Å². The smallest absolute Gasteiger partial charge is 0.125 e. The summed E-state index contributed by atoms with van der Waals surface area (Å²) < 4.78 is 10.8. The molecule has 4 heteroatoms. The Morgan fingerprint density at radius 2 is 2.00 bits per heavy atom. The highest BCUT2D eigenvalue weighted by atomic mass is 16.5. The molecule has 1 aliphatic rings. The third kappa shape index (κ3) is 4.70. The number of piperidine rings is 1. The molecule has 1 aromatic rings. The topological polar surface area (TPSA) is 41.9 Å². The number of rotatable bonds is 7. The van der Waals surface area contributed by atoms with E-state index in [0.29, 0.717) is 19.1 Å². The highest BCUT2D eigenvalue weighted by molar-refractivity contribution is 5.35. The summed E-state index contributed by atoms with van der Waals surface area (Å²) in [6.45, 7) is 6.16. The molecule has 1 N–H and O–H groups in total. The van der Waals surface area contributed by atoms with Gasteiger partial charge in [-0.05, 0) is 44.8 Å². The van der Waals surface area contributed by atoms with E-state index >= 15 is 0 Å². The van der Waals surface area contributed by atoms with E-state index in [1.54, 1.807) is 7.11 Å². The monoisotopic (exact) mass is 293 g/mol. The first-order chi connectivity index (χ1) is 10.2. The lowest BCUT2D eigenvalue weighted by Gasteiger charge is -2.33. The van der Waals surface area contributed by atoms with Gasteiger partial charge in [0.1, 0.15) is 5.75 Å². The molecule has 0 spiro atoms. The molecule has 21 heavy (non-hydrogen) atoms. The highest BCUT2D eigenvalue weighted by Gasteiger charge is 2.22. The van der Waals surface area contributed by atoms with Crippen molar-refractivity contribution in [1.29, 1.82) is 0 Å². The molecule has 2 rings (SSSR count). The Balaban J connectivity index is 1.89. The fourth-order valence-electron chi connectivity index (χ4n) is 2.96. The second-order valence-electron chi connectivity index (χ2n) is 5.69. The summed E-state index contributed by atoms with van der Waals surface area (Å²) in [6.07, 6.45) is 1.80. The number of likely N-dealkylation sites (tertiary alicyclic amines) is 1. The Bertz CT molecular complexity index is 416. The van der Waals surface area contributed by atoms with Gasteiger partial charge in [0.15, 0.2) is 0 Å². The van der Waals surface area contributed by atoms with E-state index in [1.165, 1.54) is 0 Å². The minimum absolute atomic E-state index is 0.494. The van der Waals surface area contributed by atoms with Crippen molar-refractivity contribution >= 4 is 0 Å². The molecule has 0 bridgehead atoms. The summed E-state index contributed by atoms with van der Waals surface area (Å²) in [5.41, 5.74) is 0.887. The van der Waals surface area contributed by atoms with E-state index in [9.17, 15) is 5.11 Å². The summed E-state index contributed by atoms with van der Waals surface area (Å²) in [6, 6.07) is 7.77. The van der Waals surface area contributed by atoms with Crippen LogP contribution in [0.25, 0.3) is 0 Å². The van der Waals surface area contributed by atoms with Crippen molar-refractivity contribution in [3.63, 3.8) is 0 Å². The van der Waals surface area contributed by atoms with Crippen LogP contribution in [0, 0.1) is 5.92 Å². The van der Waals surface area contributed by atoms with Crippen molar-refractivity contribution in [1.82, 2.24) is 4.90 Å². The number of ether oxygens (including phenoxy) is 2. The molecule has 4 nitrogen and oxygen atoms in total. The van der Waals surface area contributed by atoms with Gasteiger partial charge in [-0.25, -0.2) is 0 Å². The molecule has 1 aromatic carbocycles.